The Morgan fingerprint density at radius 1 is 0.463 bits per heavy atom. The number of unbranched alkanes of at least 4 members (excludes halogenated alkanes) is 17. The lowest BCUT2D eigenvalue weighted by molar-refractivity contribution is -0.109. The monoisotopic (exact) mass is 842 g/mol. The summed E-state index contributed by atoms with van der Waals surface area (Å²) in [6.45, 7) is 16.3. The zero-order valence-electron chi connectivity index (χ0n) is 37.9. The normalized spacial score (nSPS) is 13.3. The maximum Gasteiger partial charge on any atom is 0.500 e. The Morgan fingerprint density at radius 2 is 0.815 bits per heavy atom. The number of hydroxylamine groups is 2. The van der Waals surface area contributed by atoms with Crippen LogP contribution in [0.1, 0.15) is 128 Å². The summed E-state index contributed by atoms with van der Waals surface area (Å²) in [5.74, 6) is 0. The SMILES string of the molecule is CON(C)CCCCCCCCCC[Si](C)(C)c1ccc([Si](C)(C)CCCCCCCC[SiH2]O[Si](C)(C)CCCCCCCC[Si](OC)(OC)OC)cc1. The number of hydrogen-bond donors (Lipinski definition) is 0. The van der Waals surface area contributed by atoms with Crippen LogP contribution < -0.4 is 10.4 Å². The first-order valence-electron chi connectivity index (χ1n) is 22.4. The molecular weight excluding hydrogens is 751 g/mol. The molecule has 1 aromatic rings. The van der Waals surface area contributed by atoms with E-state index in [1.165, 1.54) is 146 Å². The molecule has 0 saturated heterocycles. The third kappa shape index (κ3) is 24.1. The minimum absolute atomic E-state index is 0.348. The van der Waals surface area contributed by atoms with Crippen molar-refractivity contribution in [2.45, 2.75) is 198 Å². The Kier molecular flexibility index (Phi) is 29.1. The molecule has 0 fully saturated rings. The van der Waals surface area contributed by atoms with Crippen LogP contribution in [0.25, 0.3) is 0 Å². The summed E-state index contributed by atoms with van der Waals surface area (Å²) >= 11 is 0. The molecule has 0 aliphatic rings. The van der Waals surface area contributed by atoms with Gasteiger partial charge in [0.1, 0.15) is 9.76 Å². The van der Waals surface area contributed by atoms with Crippen LogP contribution in [-0.2, 0) is 22.2 Å². The van der Waals surface area contributed by atoms with Crippen molar-refractivity contribution >= 4 is 53.4 Å². The topological polar surface area (TPSA) is 49.4 Å². The van der Waals surface area contributed by atoms with Crippen molar-refractivity contribution in [3.63, 3.8) is 0 Å². The van der Waals surface area contributed by atoms with Crippen molar-refractivity contribution in [3.8, 4) is 0 Å². The molecule has 0 aliphatic heterocycles. The summed E-state index contributed by atoms with van der Waals surface area (Å²) in [7, 11) is 1.97. The van der Waals surface area contributed by atoms with Crippen molar-refractivity contribution in [3.05, 3.63) is 24.3 Å². The van der Waals surface area contributed by atoms with Gasteiger partial charge in [-0.1, -0.05) is 188 Å². The minimum atomic E-state index is -2.39. The van der Waals surface area contributed by atoms with E-state index in [-0.39, 0.29) is 9.76 Å². The van der Waals surface area contributed by atoms with Crippen LogP contribution in [0.2, 0.25) is 69.5 Å². The third-order valence-electron chi connectivity index (χ3n) is 12.2. The summed E-state index contributed by atoms with van der Waals surface area (Å²) in [6.07, 6.45) is 27.0. The van der Waals surface area contributed by atoms with E-state index >= 15 is 0 Å². The molecule has 0 amide bonds. The van der Waals surface area contributed by atoms with Gasteiger partial charge in [0.05, 0.1) is 23.3 Å². The Morgan fingerprint density at radius 3 is 1.22 bits per heavy atom. The molecule has 318 valence electrons. The number of nitrogens with zero attached hydrogens (tertiary/aromatic N) is 1. The second kappa shape index (κ2) is 30.2. The van der Waals surface area contributed by atoms with Gasteiger partial charge in [0.2, 0.25) is 0 Å². The van der Waals surface area contributed by atoms with Gasteiger partial charge in [0.15, 0.2) is 8.32 Å². The molecule has 0 heterocycles. The standard InChI is InChI=1S/C43H91NO5Si5/c1-44(45-2)36-26-20-14-12-13-16-22-28-38-51(6,7)42-32-34-43(35-33-42)52(8,9)39-29-23-17-15-21-27-37-50-49-53(10,11)40-30-24-18-19-25-31-41-54(46-3,47-4)48-5/h32-35H,12-31,36-41,50H2,1-11H3. The van der Waals surface area contributed by atoms with E-state index in [4.69, 9.17) is 22.2 Å². The van der Waals surface area contributed by atoms with Gasteiger partial charge in [0, 0.05) is 41.0 Å². The molecule has 6 nitrogen and oxygen atoms in total. The van der Waals surface area contributed by atoms with Gasteiger partial charge in [0.25, 0.3) is 0 Å². The Bertz CT molecular complexity index is 1020. The van der Waals surface area contributed by atoms with E-state index in [2.05, 4.69) is 63.5 Å². The largest absolute Gasteiger partial charge is 0.500 e. The van der Waals surface area contributed by atoms with Crippen LogP contribution in [0, 0.1) is 0 Å². The molecule has 0 bridgehead atoms. The van der Waals surface area contributed by atoms with E-state index in [0.29, 0.717) is 0 Å². The van der Waals surface area contributed by atoms with Gasteiger partial charge in [-0.15, -0.1) is 0 Å². The average Bonchev–Trinajstić information content (AvgIpc) is 3.15. The first-order valence-corrected chi connectivity index (χ1v) is 35.5. The Labute approximate surface area is 343 Å². The van der Waals surface area contributed by atoms with Crippen molar-refractivity contribution in [2.24, 2.45) is 0 Å². The zero-order chi connectivity index (χ0) is 40.2. The Hall–Kier alpha value is 0.0644. The first-order chi connectivity index (χ1) is 25.8. The quantitative estimate of drug-likeness (QED) is 0.0378. The molecule has 0 N–H and O–H groups in total. The van der Waals surface area contributed by atoms with Crippen LogP contribution >= 0.6 is 0 Å². The second-order valence-corrected chi connectivity index (χ2v) is 37.3. The third-order valence-corrected chi connectivity index (χ3v) is 28.3. The summed E-state index contributed by atoms with van der Waals surface area (Å²) in [5.41, 5.74) is 0. The summed E-state index contributed by atoms with van der Waals surface area (Å²) in [6, 6.07) is 16.6. The highest BCUT2D eigenvalue weighted by Gasteiger charge is 2.36. The smallest absolute Gasteiger partial charge is 0.460 e. The molecule has 0 aromatic heterocycles. The van der Waals surface area contributed by atoms with Crippen LogP contribution in [0.15, 0.2) is 24.3 Å². The fraction of sp³-hybridized carbons (Fsp3) is 0.860. The fourth-order valence-corrected chi connectivity index (χ4v) is 19.6. The predicted octanol–water partition coefficient (Wildman–Crippen LogP) is 11.4. The maximum absolute atomic E-state index is 6.59. The number of benzene rings is 1. The lowest BCUT2D eigenvalue weighted by Gasteiger charge is -2.26. The Balaban J connectivity index is 2.11. The fourth-order valence-electron chi connectivity index (χ4n) is 7.84. The van der Waals surface area contributed by atoms with E-state index in [1.807, 2.05) is 12.1 Å². The van der Waals surface area contributed by atoms with Gasteiger partial charge in [-0.05, 0) is 38.0 Å². The molecule has 1 aromatic carbocycles. The van der Waals surface area contributed by atoms with E-state index in [9.17, 15) is 0 Å². The van der Waals surface area contributed by atoms with E-state index in [1.54, 1.807) is 38.8 Å². The second-order valence-electron chi connectivity index (χ2n) is 18.2. The lowest BCUT2D eigenvalue weighted by Crippen LogP contribution is -2.45. The van der Waals surface area contributed by atoms with Crippen LogP contribution in [-0.4, -0.2) is 90.1 Å². The molecule has 54 heavy (non-hydrogen) atoms. The molecule has 0 radical (unpaired) electrons. The van der Waals surface area contributed by atoms with Crippen LogP contribution in [0.4, 0.5) is 0 Å². The maximum atomic E-state index is 6.59. The average molecular weight is 843 g/mol. The van der Waals surface area contributed by atoms with Gasteiger partial charge in [-0.25, -0.2) is 0 Å². The molecule has 11 heteroatoms. The van der Waals surface area contributed by atoms with Gasteiger partial charge >= 0.3 is 8.80 Å². The molecule has 0 atom stereocenters. The minimum Gasteiger partial charge on any atom is -0.460 e. The van der Waals surface area contributed by atoms with Crippen LogP contribution in [0.5, 0.6) is 0 Å². The number of hydrogen-bond acceptors (Lipinski definition) is 6. The van der Waals surface area contributed by atoms with Crippen molar-refractivity contribution in [1.29, 1.82) is 0 Å². The molecule has 1 rings (SSSR count). The summed E-state index contributed by atoms with van der Waals surface area (Å²) in [4.78, 5) is 5.20. The highest BCUT2D eigenvalue weighted by atomic mass is 28.4. The first kappa shape index (κ1) is 52.1. The lowest BCUT2D eigenvalue weighted by atomic mass is 10.1. The molecule has 0 saturated carbocycles. The van der Waals surface area contributed by atoms with Crippen molar-refractivity contribution < 1.29 is 22.2 Å². The van der Waals surface area contributed by atoms with Gasteiger partial charge < -0.3 is 22.2 Å². The highest BCUT2D eigenvalue weighted by Crippen LogP contribution is 2.22. The van der Waals surface area contributed by atoms with E-state index in [0.717, 1.165) is 19.0 Å². The summed E-state index contributed by atoms with van der Waals surface area (Å²) < 4.78 is 23.2. The summed E-state index contributed by atoms with van der Waals surface area (Å²) in [5, 5.41) is 5.26. The number of rotatable bonds is 37. The highest BCUT2D eigenvalue weighted by molar-refractivity contribution is 6.91. The molecule has 0 unspecified atom stereocenters. The van der Waals surface area contributed by atoms with E-state index < -0.39 is 33.3 Å². The van der Waals surface area contributed by atoms with Crippen molar-refractivity contribution in [2.75, 3.05) is 42.0 Å². The molecular formula is C43H91NO5Si5. The molecule has 0 aliphatic carbocycles. The van der Waals surface area contributed by atoms with Crippen LogP contribution in [0.3, 0.4) is 0 Å². The van der Waals surface area contributed by atoms with Gasteiger partial charge in [-0.3, -0.25) is 0 Å². The molecule has 0 spiro atoms. The van der Waals surface area contributed by atoms with Crippen molar-refractivity contribution in [1.82, 2.24) is 5.06 Å². The van der Waals surface area contributed by atoms with Gasteiger partial charge in [-0.2, -0.15) is 5.06 Å². The zero-order valence-corrected chi connectivity index (χ0v) is 43.3. The predicted molar refractivity (Wildman–Crippen MR) is 251 cm³/mol.